The van der Waals surface area contributed by atoms with Crippen molar-refractivity contribution in [2.24, 2.45) is 0 Å². The van der Waals surface area contributed by atoms with E-state index >= 15 is 0 Å². The number of benzene rings is 1. The maximum Gasteiger partial charge on any atom is 0.291 e. The van der Waals surface area contributed by atoms with Crippen molar-refractivity contribution in [3.05, 3.63) is 59.4 Å². The first-order chi connectivity index (χ1) is 11.5. The van der Waals surface area contributed by atoms with Gasteiger partial charge in [-0.15, -0.1) is 0 Å². The molecule has 2 heterocycles. The number of nitrogens with zero attached hydrogens (tertiary/aromatic N) is 3. The van der Waals surface area contributed by atoms with Crippen molar-refractivity contribution in [3.63, 3.8) is 0 Å². The summed E-state index contributed by atoms with van der Waals surface area (Å²) in [5.41, 5.74) is 1.81. The van der Waals surface area contributed by atoms with Crippen LogP contribution < -0.4 is 0 Å². The van der Waals surface area contributed by atoms with Crippen LogP contribution in [0.25, 0.3) is 0 Å². The highest BCUT2D eigenvalue weighted by Gasteiger charge is 2.42. The lowest BCUT2D eigenvalue weighted by molar-refractivity contribution is -0.141. The Morgan fingerprint density at radius 3 is 2.29 bits per heavy atom. The zero-order valence-electron chi connectivity index (χ0n) is 13.6. The van der Waals surface area contributed by atoms with Gasteiger partial charge in [0.05, 0.1) is 0 Å². The predicted octanol–water partition coefficient (Wildman–Crippen LogP) is 2.11. The molecule has 1 aromatic heterocycles. The fourth-order valence-corrected chi connectivity index (χ4v) is 2.77. The molecule has 0 saturated carbocycles. The molecule has 5 nitrogen and oxygen atoms in total. The lowest BCUT2D eigenvalue weighted by Gasteiger charge is -2.19. The third kappa shape index (κ3) is 3.18. The van der Waals surface area contributed by atoms with E-state index in [1.165, 1.54) is 12.1 Å². The molecule has 0 radical (unpaired) electrons. The summed E-state index contributed by atoms with van der Waals surface area (Å²) in [5.74, 6) is -1.41. The highest BCUT2D eigenvalue weighted by Crippen LogP contribution is 2.24. The van der Waals surface area contributed by atoms with Gasteiger partial charge in [0, 0.05) is 31.4 Å². The summed E-state index contributed by atoms with van der Waals surface area (Å²) in [4.78, 5) is 34.2. The number of amides is 1. The van der Waals surface area contributed by atoms with Crippen molar-refractivity contribution in [2.45, 2.75) is 32.2 Å². The van der Waals surface area contributed by atoms with Gasteiger partial charge < -0.3 is 4.90 Å². The van der Waals surface area contributed by atoms with E-state index in [1.807, 2.05) is 13.8 Å². The van der Waals surface area contributed by atoms with Crippen molar-refractivity contribution in [2.75, 3.05) is 6.54 Å². The fraction of sp³-hybridized carbons (Fsp3) is 0.333. The highest BCUT2D eigenvalue weighted by atomic mass is 19.1. The minimum Gasteiger partial charge on any atom is -0.332 e. The van der Waals surface area contributed by atoms with E-state index in [4.69, 9.17) is 0 Å². The summed E-state index contributed by atoms with van der Waals surface area (Å²) in [6.07, 6.45) is 3.89. The molecule has 1 fully saturated rings. The molecule has 1 unspecified atom stereocenters. The van der Waals surface area contributed by atoms with Crippen LogP contribution >= 0.6 is 0 Å². The first-order valence-corrected chi connectivity index (χ1v) is 7.85. The summed E-state index contributed by atoms with van der Waals surface area (Å²) in [6, 6.07) is 6.22. The number of carbonyl (C=O) groups excluding carboxylic acids is 2. The van der Waals surface area contributed by atoms with Gasteiger partial charge in [-0.3, -0.25) is 9.59 Å². The minimum absolute atomic E-state index is 0.0239. The summed E-state index contributed by atoms with van der Waals surface area (Å²) in [7, 11) is 0. The van der Waals surface area contributed by atoms with Crippen molar-refractivity contribution in [1.29, 1.82) is 0 Å². The van der Waals surface area contributed by atoms with Crippen LogP contribution in [0.15, 0.2) is 36.7 Å². The maximum atomic E-state index is 12.9. The molecule has 24 heavy (non-hydrogen) atoms. The van der Waals surface area contributed by atoms with E-state index in [0.717, 1.165) is 11.1 Å². The van der Waals surface area contributed by atoms with Crippen LogP contribution in [0.4, 0.5) is 4.39 Å². The van der Waals surface area contributed by atoms with Crippen molar-refractivity contribution in [1.82, 2.24) is 14.9 Å². The van der Waals surface area contributed by atoms with Gasteiger partial charge >= 0.3 is 0 Å². The molecular formula is C18H18FN3O2. The monoisotopic (exact) mass is 327 g/mol. The first-order valence-electron chi connectivity index (χ1n) is 7.85. The zero-order chi connectivity index (χ0) is 17.3. The van der Waals surface area contributed by atoms with E-state index in [-0.39, 0.29) is 11.9 Å². The molecular weight excluding hydrogens is 309 g/mol. The topological polar surface area (TPSA) is 63.2 Å². The zero-order valence-corrected chi connectivity index (χ0v) is 13.6. The average Bonchev–Trinajstić information content (AvgIpc) is 2.86. The number of halogens is 1. The van der Waals surface area contributed by atoms with E-state index in [0.29, 0.717) is 18.8 Å². The minimum atomic E-state index is -0.597. The van der Waals surface area contributed by atoms with Gasteiger partial charge in [0.1, 0.15) is 17.6 Å². The Balaban J connectivity index is 1.74. The third-order valence-electron chi connectivity index (χ3n) is 4.15. The molecule has 3 rings (SSSR count). The number of Topliss-reactive ketones (excluding diaryl/α,β-unsaturated/α-hetero) is 1. The van der Waals surface area contributed by atoms with E-state index < -0.39 is 17.6 Å². The Morgan fingerprint density at radius 2 is 1.75 bits per heavy atom. The lowest BCUT2D eigenvalue weighted by atomic mass is 10.1. The third-order valence-corrected chi connectivity index (χ3v) is 4.15. The Morgan fingerprint density at radius 1 is 1.12 bits per heavy atom. The fourth-order valence-electron chi connectivity index (χ4n) is 2.77. The summed E-state index contributed by atoms with van der Waals surface area (Å²) >= 11 is 0. The summed E-state index contributed by atoms with van der Waals surface area (Å²) < 4.78 is 12.9. The van der Waals surface area contributed by atoms with Gasteiger partial charge in [-0.05, 0) is 37.1 Å². The maximum absolute atomic E-state index is 12.9. The van der Waals surface area contributed by atoms with Gasteiger partial charge in [0.15, 0.2) is 0 Å². The van der Waals surface area contributed by atoms with Crippen molar-refractivity contribution < 1.29 is 14.0 Å². The molecule has 1 aliphatic rings. The quantitative estimate of drug-likeness (QED) is 0.807. The molecule has 0 bridgehead atoms. The number of rotatable bonds is 4. The summed E-state index contributed by atoms with van der Waals surface area (Å²) in [6.45, 7) is 4.08. The van der Waals surface area contributed by atoms with Crippen LogP contribution in [0.1, 0.15) is 36.7 Å². The molecule has 1 saturated heterocycles. The molecule has 124 valence electrons. The summed E-state index contributed by atoms with van der Waals surface area (Å²) in [5, 5.41) is 0. The van der Waals surface area contributed by atoms with Crippen LogP contribution in [0.3, 0.4) is 0 Å². The Kier molecular flexibility index (Phi) is 4.38. The van der Waals surface area contributed by atoms with Crippen LogP contribution in [-0.4, -0.2) is 39.1 Å². The van der Waals surface area contributed by atoms with Gasteiger partial charge in [-0.2, -0.15) is 0 Å². The molecule has 0 aliphatic carbocycles. The number of likely N-dealkylation sites (tertiary alicyclic amines) is 1. The molecule has 6 heteroatoms. The number of carbonyl (C=O) groups is 2. The van der Waals surface area contributed by atoms with Crippen molar-refractivity contribution >= 4 is 11.7 Å². The molecule has 0 spiro atoms. The molecule has 2 aromatic rings. The largest absolute Gasteiger partial charge is 0.332 e. The molecule has 0 N–H and O–H groups in total. The van der Waals surface area contributed by atoms with Gasteiger partial charge in [0.2, 0.25) is 5.78 Å². The van der Waals surface area contributed by atoms with Crippen LogP contribution in [0.5, 0.6) is 0 Å². The van der Waals surface area contributed by atoms with Gasteiger partial charge in [0.25, 0.3) is 5.91 Å². The van der Waals surface area contributed by atoms with E-state index in [1.54, 1.807) is 29.4 Å². The second-order valence-electron chi connectivity index (χ2n) is 6.22. The Bertz CT molecular complexity index is 757. The van der Waals surface area contributed by atoms with Crippen LogP contribution in [0.2, 0.25) is 0 Å². The number of hydrogen-bond donors (Lipinski definition) is 0. The second kappa shape index (κ2) is 6.47. The van der Waals surface area contributed by atoms with Gasteiger partial charge in [-0.1, -0.05) is 12.1 Å². The molecule has 1 amide bonds. The second-order valence-corrected chi connectivity index (χ2v) is 6.22. The molecule has 1 aromatic carbocycles. The van der Waals surface area contributed by atoms with Crippen molar-refractivity contribution in [3.8, 4) is 0 Å². The number of hydrogen-bond acceptors (Lipinski definition) is 4. The number of ketones is 1. The van der Waals surface area contributed by atoms with E-state index in [9.17, 15) is 14.0 Å². The normalized spacial score (nSPS) is 17.8. The first kappa shape index (κ1) is 16.2. The van der Waals surface area contributed by atoms with E-state index in [2.05, 4.69) is 9.97 Å². The standard InChI is InChI=1S/C18H18FN3O2/c1-11(2)22-10-15(16(23)18(22)24)17-20-8-13(9-21-17)7-12-3-5-14(19)6-4-12/h3-6,8-9,11,15H,7,10H2,1-2H3. The van der Waals surface area contributed by atoms with Crippen LogP contribution in [-0.2, 0) is 16.0 Å². The average molecular weight is 327 g/mol. The molecule has 1 aliphatic heterocycles. The molecule has 1 atom stereocenters. The highest BCUT2D eigenvalue weighted by molar-refractivity contribution is 6.40. The Labute approximate surface area is 139 Å². The predicted molar refractivity (Wildman–Crippen MR) is 85.8 cm³/mol. The Hall–Kier alpha value is -2.63. The number of aromatic nitrogens is 2. The van der Waals surface area contributed by atoms with Crippen LogP contribution in [0, 0.1) is 5.82 Å². The van der Waals surface area contributed by atoms with Gasteiger partial charge in [-0.25, -0.2) is 14.4 Å². The smallest absolute Gasteiger partial charge is 0.291 e. The SMILES string of the molecule is CC(C)N1CC(c2ncc(Cc3ccc(F)cc3)cn2)C(=O)C1=O. The lowest BCUT2D eigenvalue weighted by Crippen LogP contribution is -2.33.